The number of aromatic nitrogens is 2. The molecule has 5 nitrogen and oxygen atoms in total. The van der Waals surface area contributed by atoms with E-state index in [2.05, 4.69) is 14.3 Å². The molecule has 0 saturated carbocycles. The van der Waals surface area contributed by atoms with Crippen molar-refractivity contribution in [2.45, 2.75) is 24.3 Å². The maximum atomic E-state index is 11.9. The minimum absolute atomic E-state index is 0.381. The first kappa shape index (κ1) is 15.2. The summed E-state index contributed by atoms with van der Waals surface area (Å²) in [5, 5.41) is 0. The quantitative estimate of drug-likeness (QED) is 0.735. The van der Waals surface area contributed by atoms with Crippen LogP contribution >= 0.6 is 0 Å². The van der Waals surface area contributed by atoms with Crippen LogP contribution in [0.2, 0.25) is 0 Å². The molecule has 2 aromatic heterocycles. The normalized spacial score (nSPS) is 14.8. The highest BCUT2D eigenvalue weighted by atomic mass is 32.2. The van der Waals surface area contributed by atoms with E-state index < -0.39 is 9.84 Å². The van der Waals surface area contributed by atoms with Gasteiger partial charge in [-0.1, -0.05) is 12.1 Å². The molecule has 0 atom stereocenters. The van der Waals surface area contributed by atoms with Crippen molar-refractivity contribution in [1.29, 1.82) is 0 Å². The maximum Gasteiger partial charge on any atom is 0.175 e. The van der Waals surface area contributed by atoms with Crippen molar-refractivity contribution in [3.63, 3.8) is 0 Å². The Bertz CT molecular complexity index is 1010. The zero-order valence-electron chi connectivity index (χ0n) is 13.5. The fraction of sp³-hybridized carbons (Fsp3) is 0.278. The molecule has 0 saturated heterocycles. The summed E-state index contributed by atoms with van der Waals surface area (Å²) in [5.74, 6) is 0. The SMILES string of the molecule is CS(=O)(=O)c1ccc2c(c1)N(Cc1cnc3ccccn13)CCC2. The molecule has 6 heteroatoms. The molecule has 3 heterocycles. The molecule has 0 aliphatic carbocycles. The second kappa shape index (κ2) is 5.63. The van der Waals surface area contributed by atoms with Crippen molar-refractivity contribution in [3.05, 3.63) is 60.0 Å². The number of fused-ring (bicyclic) bond motifs is 2. The van der Waals surface area contributed by atoms with Crippen LogP contribution < -0.4 is 4.90 Å². The van der Waals surface area contributed by atoms with Crippen molar-refractivity contribution in [2.24, 2.45) is 0 Å². The molecule has 124 valence electrons. The third kappa shape index (κ3) is 2.67. The molecule has 3 aromatic rings. The molecule has 0 spiro atoms. The van der Waals surface area contributed by atoms with E-state index in [1.165, 1.54) is 11.8 Å². The second-order valence-electron chi connectivity index (χ2n) is 6.27. The molecule has 0 radical (unpaired) electrons. The summed E-state index contributed by atoms with van der Waals surface area (Å²) < 4.78 is 25.8. The van der Waals surface area contributed by atoms with Crippen LogP contribution in [0.25, 0.3) is 5.65 Å². The van der Waals surface area contributed by atoms with Crippen LogP contribution in [0.4, 0.5) is 5.69 Å². The Labute approximate surface area is 141 Å². The van der Waals surface area contributed by atoms with E-state index in [0.29, 0.717) is 11.4 Å². The minimum atomic E-state index is -3.20. The number of benzene rings is 1. The maximum absolute atomic E-state index is 11.9. The van der Waals surface area contributed by atoms with Crippen molar-refractivity contribution in [3.8, 4) is 0 Å². The molecule has 1 aliphatic rings. The van der Waals surface area contributed by atoms with Crippen molar-refractivity contribution in [2.75, 3.05) is 17.7 Å². The smallest absolute Gasteiger partial charge is 0.175 e. The third-order valence-corrected chi connectivity index (χ3v) is 5.66. The molecule has 4 rings (SSSR count). The monoisotopic (exact) mass is 341 g/mol. The lowest BCUT2D eigenvalue weighted by Crippen LogP contribution is -2.29. The van der Waals surface area contributed by atoms with Crippen LogP contribution in [0.1, 0.15) is 17.7 Å². The number of rotatable bonds is 3. The van der Waals surface area contributed by atoms with E-state index in [-0.39, 0.29) is 0 Å². The van der Waals surface area contributed by atoms with Gasteiger partial charge in [0.1, 0.15) is 5.65 Å². The van der Waals surface area contributed by atoms with Gasteiger partial charge >= 0.3 is 0 Å². The van der Waals surface area contributed by atoms with Crippen molar-refractivity contribution >= 4 is 21.2 Å². The van der Waals surface area contributed by atoms with E-state index in [9.17, 15) is 8.42 Å². The highest BCUT2D eigenvalue weighted by Crippen LogP contribution is 2.31. The average Bonchev–Trinajstić information content (AvgIpc) is 2.97. The molecule has 0 fully saturated rings. The van der Waals surface area contributed by atoms with Crippen LogP contribution in [0.3, 0.4) is 0 Å². The van der Waals surface area contributed by atoms with Crippen LogP contribution in [-0.2, 0) is 22.8 Å². The predicted molar refractivity (Wildman–Crippen MR) is 94.1 cm³/mol. The molecule has 1 aliphatic heterocycles. The lowest BCUT2D eigenvalue weighted by atomic mass is 10.0. The van der Waals surface area contributed by atoms with Gasteiger partial charge in [0.2, 0.25) is 0 Å². The topological polar surface area (TPSA) is 54.7 Å². The van der Waals surface area contributed by atoms with Crippen LogP contribution in [0.15, 0.2) is 53.7 Å². The Morgan fingerprint density at radius 2 is 2.08 bits per heavy atom. The Morgan fingerprint density at radius 3 is 2.92 bits per heavy atom. The zero-order valence-corrected chi connectivity index (χ0v) is 14.3. The summed E-state index contributed by atoms with van der Waals surface area (Å²) >= 11 is 0. The average molecular weight is 341 g/mol. The Balaban J connectivity index is 1.73. The van der Waals surface area contributed by atoms with Gasteiger partial charge in [0.05, 0.1) is 23.3 Å². The summed E-state index contributed by atoms with van der Waals surface area (Å²) in [6, 6.07) is 11.4. The van der Waals surface area contributed by atoms with Gasteiger partial charge in [-0.2, -0.15) is 0 Å². The summed E-state index contributed by atoms with van der Waals surface area (Å²) in [7, 11) is -3.20. The summed E-state index contributed by atoms with van der Waals surface area (Å²) in [5.41, 5.74) is 4.26. The van der Waals surface area contributed by atoms with Gasteiger partial charge in [-0.3, -0.25) is 0 Å². The van der Waals surface area contributed by atoms with Gasteiger partial charge in [0.15, 0.2) is 9.84 Å². The summed E-state index contributed by atoms with van der Waals surface area (Å²) in [4.78, 5) is 7.07. The van der Waals surface area contributed by atoms with Crippen LogP contribution in [-0.4, -0.2) is 30.6 Å². The van der Waals surface area contributed by atoms with Crippen LogP contribution in [0.5, 0.6) is 0 Å². The van der Waals surface area contributed by atoms with Crippen molar-refractivity contribution in [1.82, 2.24) is 9.38 Å². The Kier molecular flexibility index (Phi) is 3.57. The van der Waals surface area contributed by atoms with Gasteiger partial charge in [-0.15, -0.1) is 0 Å². The van der Waals surface area contributed by atoms with E-state index in [4.69, 9.17) is 0 Å². The summed E-state index contributed by atoms with van der Waals surface area (Å²) in [6.07, 6.45) is 7.22. The minimum Gasteiger partial charge on any atom is -0.365 e. The lowest BCUT2D eigenvalue weighted by Gasteiger charge is -2.31. The number of hydrogen-bond acceptors (Lipinski definition) is 4. The fourth-order valence-electron chi connectivity index (χ4n) is 3.32. The summed E-state index contributed by atoms with van der Waals surface area (Å²) in [6.45, 7) is 1.63. The van der Waals surface area contributed by atoms with Gasteiger partial charge in [0.25, 0.3) is 0 Å². The number of nitrogens with zero attached hydrogens (tertiary/aromatic N) is 3. The van der Waals surface area contributed by atoms with Gasteiger partial charge in [0, 0.05) is 24.7 Å². The molecule has 1 aromatic carbocycles. The van der Waals surface area contributed by atoms with Gasteiger partial charge in [-0.05, 0) is 42.7 Å². The predicted octanol–water partition coefficient (Wildman–Crippen LogP) is 2.69. The number of aryl methyl sites for hydroxylation is 1. The van der Waals surface area contributed by atoms with Gasteiger partial charge < -0.3 is 9.30 Å². The zero-order chi connectivity index (χ0) is 16.7. The molecule has 24 heavy (non-hydrogen) atoms. The molecule has 0 bridgehead atoms. The first-order chi connectivity index (χ1) is 11.5. The van der Waals surface area contributed by atoms with E-state index in [0.717, 1.165) is 36.4 Å². The number of anilines is 1. The molecular weight excluding hydrogens is 322 g/mol. The van der Waals surface area contributed by atoms with E-state index in [1.807, 2.05) is 42.7 Å². The number of hydrogen-bond donors (Lipinski definition) is 0. The molecular formula is C18H19N3O2S. The highest BCUT2D eigenvalue weighted by molar-refractivity contribution is 7.90. The number of pyridine rings is 1. The standard InChI is InChI=1S/C18H19N3O2S/c1-24(22,23)16-8-7-14-5-4-9-20(17(14)11-16)13-15-12-19-18-6-2-3-10-21(15)18/h2-3,6-8,10-12H,4-5,9,13H2,1H3. The molecule has 0 N–H and O–H groups in total. The second-order valence-corrected chi connectivity index (χ2v) is 8.28. The first-order valence-electron chi connectivity index (χ1n) is 8.01. The fourth-order valence-corrected chi connectivity index (χ4v) is 3.96. The van der Waals surface area contributed by atoms with Crippen molar-refractivity contribution < 1.29 is 8.42 Å². The number of sulfone groups is 1. The first-order valence-corrected chi connectivity index (χ1v) is 9.90. The Morgan fingerprint density at radius 1 is 1.21 bits per heavy atom. The third-order valence-electron chi connectivity index (χ3n) is 4.55. The van der Waals surface area contributed by atoms with E-state index in [1.54, 1.807) is 6.07 Å². The van der Waals surface area contributed by atoms with E-state index >= 15 is 0 Å². The molecule has 0 unspecified atom stereocenters. The largest absolute Gasteiger partial charge is 0.365 e. The molecule has 0 amide bonds. The van der Waals surface area contributed by atoms with Gasteiger partial charge in [-0.25, -0.2) is 13.4 Å². The lowest BCUT2D eigenvalue weighted by molar-refractivity contribution is 0.601. The number of imidazole rings is 1. The highest BCUT2D eigenvalue weighted by Gasteiger charge is 2.20. The van der Waals surface area contributed by atoms with Crippen LogP contribution in [0, 0.1) is 0 Å². The Hall–Kier alpha value is -2.34.